The van der Waals surface area contributed by atoms with Crippen LogP contribution in [0.15, 0.2) is 15.8 Å². The molecule has 14 heavy (non-hydrogen) atoms. The van der Waals surface area contributed by atoms with Crippen LogP contribution in [0.2, 0.25) is 0 Å². The van der Waals surface area contributed by atoms with Crippen LogP contribution < -0.4 is 17.0 Å². The van der Waals surface area contributed by atoms with Gasteiger partial charge in [-0.1, -0.05) is 0 Å². The van der Waals surface area contributed by atoms with E-state index >= 15 is 0 Å². The lowest BCUT2D eigenvalue weighted by Crippen LogP contribution is -2.22. The molecule has 0 radical (unpaired) electrons. The molecule has 72 valence electrons. The van der Waals surface area contributed by atoms with Crippen molar-refractivity contribution >= 4 is 16.9 Å². The van der Waals surface area contributed by atoms with Crippen LogP contribution in [0.5, 0.6) is 0 Å². The van der Waals surface area contributed by atoms with Crippen LogP contribution in [-0.4, -0.2) is 20.9 Å². The number of carbonyl (C=O) groups is 1. The lowest BCUT2D eigenvalue weighted by molar-refractivity contribution is 0.100. The van der Waals surface area contributed by atoms with Crippen LogP contribution in [0.25, 0.3) is 11.0 Å². The fraction of sp³-hybridized carbons (Fsp3) is 0. The fourth-order valence-corrected chi connectivity index (χ4v) is 1.24. The third kappa shape index (κ3) is 1.03. The lowest BCUT2D eigenvalue weighted by Gasteiger charge is -1.90. The third-order valence-electron chi connectivity index (χ3n) is 1.84. The van der Waals surface area contributed by atoms with E-state index in [9.17, 15) is 14.4 Å². The predicted octanol–water partition coefficient (Wildman–Crippen LogP) is -1.36. The van der Waals surface area contributed by atoms with Gasteiger partial charge in [-0.15, -0.1) is 0 Å². The third-order valence-corrected chi connectivity index (χ3v) is 1.84. The molecule has 0 saturated carbocycles. The molecular weight excluding hydrogens is 188 g/mol. The molecule has 2 aromatic heterocycles. The SMILES string of the molecule is NC(=O)c1c[nH]c2c(=O)[nH]c(=O)[nH]c12. The molecule has 0 spiro atoms. The summed E-state index contributed by atoms with van der Waals surface area (Å²) < 4.78 is 0. The summed E-state index contributed by atoms with van der Waals surface area (Å²) in [5, 5.41) is 0. The Morgan fingerprint density at radius 2 is 1.93 bits per heavy atom. The fourth-order valence-electron chi connectivity index (χ4n) is 1.24. The van der Waals surface area contributed by atoms with Crippen LogP contribution in [0.4, 0.5) is 0 Å². The van der Waals surface area contributed by atoms with Gasteiger partial charge in [0.15, 0.2) is 0 Å². The lowest BCUT2D eigenvalue weighted by atomic mass is 10.3. The van der Waals surface area contributed by atoms with E-state index in [2.05, 4.69) is 9.97 Å². The number of primary amides is 1. The van der Waals surface area contributed by atoms with Gasteiger partial charge in [0.2, 0.25) is 0 Å². The zero-order chi connectivity index (χ0) is 10.3. The molecule has 7 nitrogen and oxygen atoms in total. The minimum Gasteiger partial charge on any atom is -0.365 e. The summed E-state index contributed by atoms with van der Waals surface area (Å²) in [7, 11) is 0. The molecule has 7 heteroatoms. The van der Waals surface area contributed by atoms with E-state index in [0.29, 0.717) is 0 Å². The largest absolute Gasteiger partial charge is 0.365 e. The Labute approximate surface area is 76.0 Å². The molecule has 0 aliphatic carbocycles. The maximum Gasteiger partial charge on any atom is 0.326 e. The number of carbonyl (C=O) groups excluding carboxylic acids is 1. The normalized spacial score (nSPS) is 10.6. The van der Waals surface area contributed by atoms with E-state index in [1.54, 1.807) is 0 Å². The smallest absolute Gasteiger partial charge is 0.326 e. The van der Waals surface area contributed by atoms with Crippen LogP contribution in [0.1, 0.15) is 10.4 Å². The van der Waals surface area contributed by atoms with Crippen LogP contribution in [0.3, 0.4) is 0 Å². The number of hydrogen-bond acceptors (Lipinski definition) is 3. The number of rotatable bonds is 1. The second kappa shape index (κ2) is 2.59. The average Bonchev–Trinajstić information content (AvgIpc) is 2.47. The summed E-state index contributed by atoms with van der Waals surface area (Å²) >= 11 is 0. The number of nitrogens with one attached hydrogen (secondary N) is 3. The van der Waals surface area contributed by atoms with Crippen LogP contribution in [-0.2, 0) is 0 Å². The van der Waals surface area contributed by atoms with E-state index in [1.807, 2.05) is 4.98 Å². The molecule has 0 fully saturated rings. The number of H-pyrrole nitrogens is 3. The average molecular weight is 194 g/mol. The van der Waals surface area contributed by atoms with Gasteiger partial charge in [0.05, 0.1) is 11.1 Å². The van der Waals surface area contributed by atoms with Crippen molar-refractivity contribution in [3.8, 4) is 0 Å². The van der Waals surface area contributed by atoms with Crippen molar-refractivity contribution in [2.24, 2.45) is 5.73 Å². The molecule has 2 rings (SSSR count). The molecule has 5 N–H and O–H groups in total. The highest BCUT2D eigenvalue weighted by Gasteiger charge is 2.11. The Morgan fingerprint density at radius 1 is 1.21 bits per heavy atom. The van der Waals surface area contributed by atoms with Crippen molar-refractivity contribution < 1.29 is 4.79 Å². The predicted molar refractivity (Wildman–Crippen MR) is 48.1 cm³/mol. The van der Waals surface area contributed by atoms with E-state index in [-0.39, 0.29) is 16.6 Å². The van der Waals surface area contributed by atoms with Gasteiger partial charge in [0.25, 0.3) is 11.5 Å². The van der Waals surface area contributed by atoms with Gasteiger partial charge in [-0.2, -0.15) is 0 Å². The first-order valence-corrected chi connectivity index (χ1v) is 3.73. The molecule has 0 unspecified atom stereocenters. The van der Waals surface area contributed by atoms with Gasteiger partial charge >= 0.3 is 5.69 Å². The quantitative estimate of drug-likeness (QED) is 0.448. The monoisotopic (exact) mass is 194 g/mol. The Hall–Kier alpha value is -2.31. The summed E-state index contributed by atoms with van der Waals surface area (Å²) in [6.45, 7) is 0. The van der Waals surface area contributed by atoms with Gasteiger partial charge < -0.3 is 15.7 Å². The number of hydrogen-bond donors (Lipinski definition) is 4. The first-order chi connectivity index (χ1) is 6.59. The second-order valence-corrected chi connectivity index (χ2v) is 2.72. The van der Waals surface area contributed by atoms with Crippen LogP contribution >= 0.6 is 0 Å². The highest BCUT2D eigenvalue weighted by Crippen LogP contribution is 2.08. The Kier molecular flexibility index (Phi) is 1.53. The zero-order valence-corrected chi connectivity index (χ0v) is 6.88. The highest BCUT2D eigenvalue weighted by molar-refractivity contribution is 6.03. The van der Waals surface area contributed by atoms with Crippen LogP contribution in [0, 0.1) is 0 Å². The van der Waals surface area contributed by atoms with Gasteiger partial charge in [0, 0.05) is 6.20 Å². The molecular formula is C7H6N4O3. The number of amides is 1. The maximum atomic E-state index is 11.2. The van der Waals surface area contributed by atoms with Gasteiger partial charge in [-0.3, -0.25) is 14.6 Å². The summed E-state index contributed by atoms with van der Waals surface area (Å²) in [4.78, 5) is 39.8. The van der Waals surface area contributed by atoms with Gasteiger partial charge in [-0.25, -0.2) is 4.79 Å². The molecule has 0 aromatic carbocycles. The summed E-state index contributed by atoms with van der Waals surface area (Å²) in [5.74, 6) is -0.711. The second-order valence-electron chi connectivity index (χ2n) is 2.72. The number of nitrogens with two attached hydrogens (primary N) is 1. The van der Waals surface area contributed by atoms with E-state index < -0.39 is 17.2 Å². The van der Waals surface area contributed by atoms with E-state index in [0.717, 1.165) is 0 Å². The standard InChI is InChI=1S/C7H6N4O3/c8-5(12)2-1-9-4-3(2)10-7(14)11-6(4)13/h1,9H,(H2,8,12)(H2,10,11,13,14). The van der Waals surface area contributed by atoms with Crippen molar-refractivity contribution in [3.63, 3.8) is 0 Å². The zero-order valence-electron chi connectivity index (χ0n) is 6.88. The number of aromatic nitrogens is 3. The van der Waals surface area contributed by atoms with Crippen molar-refractivity contribution in [1.29, 1.82) is 0 Å². The molecule has 0 aliphatic rings. The summed E-state index contributed by atoms with van der Waals surface area (Å²) in [6.07, 6.45) is 1.28. The van der Waals surface area contributed by atoms with Crippen molar-refractivity contribution in [3.05, 3.63) is 32.6 Å². The summed E-state index contributed by atoms with van der Waals surface area (Å²) in [6, 6.07) is 0. The molecule has 2 heterocycles. The number of aromatic amines is 3. The Balaban J connectivity index is 3.00. The van der Waals surface area contributed by atoms with E-state index in [4.69, 9.17) is 5.73 Å². The molecule has 1 amide bonds. The summed E-state index contributed by atoms with van der Waals surface area (Å²) in [5.41, 5.74) is 4.11. The molecule has 0 atom stereocenters. The minimum absolute atomic E-state index is 0.0863. The highest BCUT2D eigenvalue weighted by atomic mass is 16.2. The maximum absolute atomic E-state index is 11.2. The first-order valence-electron chi connectivity index (χ1n) is 3.73. The Bertz CT molecular complexity index is 618. The Morgan fingerprint density at radius 3 is 2.57 bits per heavy atom. The first kappa shape index (κ1) is 8.30. The minimum atomic E-state index is -0.711. The molecule has 0 aliphatic heterocycles. The number of fused-ring (bicyclic) bond motifs is 1. The molecule has 0 saturated heterocycles. The van der Waals surface area contributed by atoms with Crippen molar-refractivity contribution in [1.82, 2.24) is 15.0 Å². The van der Waals surface area contributed by atoms with Crippen molar-refractivity contribution in [2.75, 3.05) is 0 Å². The molecule has 2 aromatic rings. The molecule has 0 bridgehead atoms. The topological polar surface area (TPSA) is 125 Å². The van der Waals surface area contributed by atoms with Gasteiger partial charge in [-0.05, 0) is 0 Å². The van der Waals surface area contributed by atoms with E-state index in [1.165, 1.54) is 6.20 Å². The van der Waals surface area contributed by atoms with Crippen molar-refractivity contribution in [2.45, 2.75) is 0 Å². The van der Waals surface area contributed by atoms with Gasteiger partial charge in [0.1, 0.15) is 5.52 Å².